The summed E-state index contributed by atoms with van der Waals surface area (Å²) >= 11 is 1.76. The number of carbonyl (C=O) groups is 2. The number of rotatable bonds is 9. The fourth-order valence-electron chi connectivity index (χ4n) is 1.60. The van der Waals surface area contributed by atoms with E-state index < -0.39 is 17.9 Å². The van der Waals surface area contributed by atoms with Crippen molar-refractivity contribution in [1.82, 2.24) is 0 Å². The zero-order chi connectivity index (χ0) is 14.7. The van der Waals surface area contributed by atoms with Gasteiger partial charge < -0.3 is 9.47 Å². The molecule has 0 aliphatic heterocycles. The number of thioether (sulfide) groups is 1. The quantitative estimate of drug-likeness (QED) is 0.282. The van der Waals surface area contributed by atoms with Crippen LogP contribution in [0.15, 0.2) is 12.2 Å². The van der Waals surface area contributed by atoms with Crippen molar-refractivity contribution >= 4 is 23.7 Å². The molecular weight excluding hydrogens is 264 g/mol. The van der Waals surface area contributed by atoms with E-state index in [2.05, 4.69) is 0 Å². The smallest absolute Gasteiger partial charge is 0.320 e. The van der Waals surface area contributed by atoms with Crippen LogP contribution in [0.4, 0.5) is 0 Å². The molecule has 0 saturated heterocycles. The highest BCUT2D eigenvalue weighted by Crippen LogP contribution is 2.18. The third-order valence-electron chi connectivity index (χ3n) is 2.54. The number of hydrogen-bond acceptors (Lipinski definition) is 5. The molecular formula is C14H24O4S. The van der Waals surface area contributed by atoms with Gasteiger partial charge in [0, 0.05) is 0 Å². The number of ether oxygens (including phenoxy) is 2. The van der Waals surface area contributed by atoms with Gasteiger partial charge in [0.05, 0.1) is 13.2 Å². The molecule has 0 spiro atoms. The predicted molar refractivity (Wildman–Crippen MR) is 78.1 cm³/mol. The molecule has 0 radical (unpaired) electrons. The first kappa shape index (κ1) is 18.0. The second-order valence-corrected chi connectivity index (χ2v) is 5.04. The number of allylic oxidation sites excluding steroid dienone is 2. The van der Waals surface area contributed by atoms with Crippen molar-refractivity contribution in [3.63, 3.8) is 0 Å². The van der Waals surface area contributed by atoms with Crippen LogP contribution in [-0.4, -0.2) is 37.2 Å². The fourth-order valence-corrected chi connectivity index (χ4v) is 1.97. The molecule has 0 N–H and O–H groups in total. The molecule has 0 heterocycles. The average molecular weight is 288 g/mol. The van der Waals surface area contributed by atoms with Crippen LogP contribution < -0.4 is 0 Å². The van der Waals surface area contributed by atoms with Crippen LogP contribution in [0.25, 0.3) is 0 Å². The third-order valence-corrected chi connectivity index (χ3v) is 3.18. The second-order valence-electron chi connectivity index (χ2n) is 4.05. The molecule has 19 heavy (non-hydrogen) atoms. The topological polar surface area (TPSA) is 52.6 Å². The van der Waals surface area contributed by atoms with Crippen LogP contribution in [0.3, 0.4) is 0 Å². The van der Waals surface area contributed by atoms with Gasteiger partial charge in [-0.25, -0.2) is 0 Å². The Morgan fingerprint density at radius 1 is 1.16 bits per heavy atom. The van der Waals surface area contributed by atoms with Crippen LogP contribution in [0.5, 0.6) is 0 Å². The Kier molecular flexibility index (Phi) is 10.4. The highest BCUT2D eigenvalue weighted by atomic mass is 32.2. The number of esters is 2. The summed E-state index contributed by atoms with van der Waals surface area (Å²) in [5.41, 5.74) is 0. The third kappa shape index (κ3) is 7.25. The van der Waals surface area contributed by atoms with E-state index >= 15 is 0 Å². The Morgan fingerprint density at radius 3 is 2.11 bits per heavy atom. The minimum atomic E-state index is -0.870. The molecule has 5 heteroatoms. The van der Waals surface area contributed by atoms with E-state index in [-0.39, 0.29) is 19.1 Å². The van der Waals surface area contributed by atoms with Gasteiger partial charge in [-0.3, -0.25) is 9.59 Å². The Hall–Kier alpha value is -0.970. The molecule has 0 aromatic rings. The van der Waals surface area contributed by atoms with Gasteiger partial charge in [-0.05, 0) is 38.2 Å². The van der Waals surface area contributed by atoms with Crippen molar-refractivity contribution in [2.75, 3.05) is 25.2 Å². The Bertz CT molecular complexity index is 284. The van der Waals surface area contributed by atoms with Gasteiger partial charge >= 0.3 is 11.9 Å². The van der Waals surface area contributed by atoms with E-state index in [9.17, 15) is 9.59 Å². The standard InChI is InChI=1S/C14H24O4S/c1-5-17-13(15)12(14(16)18-6-2)11(3)9-7-8-10-19-4/h7,9,11-12H,5-6,8,10H2,1-4H3/b9-7+. The van der Waals surface area contributed by atoms with Crippen LogP contribution in [-0.2, 0) is 19.1 Å². The molecule has 110 valence electrons. The van der Waals surface area contributed by atoms with Crippen molar-refractivity contribution < 1.29 is 19.1 Å². The maximum absolute atomic E-state index is 11.8. The largest absolute Gasteiger partial charge is 0.465 e. The first-order valence-electron chi connectivity index (χ1n) is 6.57. The molecule has 1 atom stereocenters. The van der Waals surface area contributed by atoms with Crippen molar-refractivity contribution in [2.45, 2.75) is 27.2 Å². The summed E-state index contributed by atoms with van der Waals surface area (Å²) in [4.78, 5) is 23.7. The minimum Gasteiger partial charge on any atom is -0.465 e. The zero-order valence-corrected chi connectivity index (χ0v) is 13.0. The predicted octanol–water partition coefficient (Wildman–Crippen LogP) is 2.67. The lowest BCUT2D eigenvalue weighted by molar-refractivity contribution is -0.163. The molecule has 0 aliphatic carbocycles. The average Bonchev–Trinajstić information content (AvgIpc) is 2.35. The van der Waals surface area contributed by atoms with Crippen molar-refractivity contribution in [3.05, 3.63) is 12.2 Å². The summed E-state index contributed by atoms with van der Waals surface area (Å²) in [5, 5.41) is 0. The van der Waals surface area contributed by atoms with Gasteiger partial charge in [0.15, 0.2) is 5.92 Å². The Balaban J connectivity index is 4.66. The molecule has 0 aromatic carbocycles. The Labute approximate surface area is 119 Å². The molecule has 0 aromatic heterocycles. The molecule has 0 amide bonds. The lowest BCUT2D eigenvalue weighted by atomic mass is 9.93. The molecule has 0 bridgehead atoms. The van der Waals surface area contributed by atoms with Gasteiger partial charge in [0.1, 0.15) is 0 Å². The highest BCUT2D eigenvalue weighted by Gasteiger charge is 2.33. The first-order chi connectivity index (χ1) is 9.08. The summed E-state index contributed by atoms with van der Waals surface area (Å²) in [6.45, 7) is 5.79. The fraction of sp³-hybridized carbons (Fsp3) is 0.714. The maximum Gasteiger partial charge on any atom is 0.320 e. The van der Waals surface area contributed by atoms with Crippen molar-refractivity contribution in [3.8, 4) is 0 Å². The normalized spacial score (nSPS) is 12.7. The lowest BCUT2D eigenvalue weighted by Gasteiger charge is -2.18. The van der Waals surface area contributed by atoms with Gasteiger partial charge in [-0.15, -0.1) is 0 Å². The number of carbonyl (C=O) groups excluding carboxylic acids is 2. The molecule has 0 saturated carbocycles. The maximum atomic E-state index is 11.8. The molecule has 0 rings (SSSR count). The van der Waals surface area contributed by atoms with Crippen LogP contribution in [0.1, 0.15) is 27.2 Å². The molecule has 0 aliphatic rings. The van der Waals surface area contributed by atoms with Crippen molar-refractivity contribution in [1.29, 1.82) is 0 Å². The van der Waals surface area contributed by atoms with E-state index in [1.54, 1.807) is 25.6 Å². The van der Waals surface area contributed by atoms with Crippen LogP contribution in [0.2, 0.25) is 0 Å². The molecule has 4 nitrogen and oxygen atoms in total. The second kappa shape index (κ2) is 10.9. The molecule has 1 unspecified atom stereocenters. The van der Waals surface area contributed by atoms with Crippen molar-refractivity contribution in [2.24, 2.45) is 11.8 Å². The summed E-state index contributed by atoms with van der Waals surface area (Å²) in [7, 11) is 0. The SMILES string of the molecule is CCOC(=O)C(C(=O)OCC)C(C)/C=C/CCSC. The number of hydrogen-bond donors (Lipinski definition) is 0. The zero-order valence-electron chi connectivity index (χ0n) is 12.2. The van der Waals surface area contributed by atoms with Gasteiger partial charge in [0.2, 0.25) is 0 Å². The first-order valence-corrected chi connectivity index (χ1v) is 7.96. The van der Waals surface area contributed by atoms with Crippen LogP contribution >= 0.6 is 11.8 Å². The van der Waals surface area contributed by atoms with E-state index in [1.807, 2.05) is 25.3 Å². The summed E-state index contributed by atoms with van der Waals surface area (Å²) in [6.07, 6.45) is 6.84. The summed E-state index contributed by atoms with van der Waals surface area (Å²) in [6, 6.07) is 0. The van der Waals surface area contributed by atoms with E-state index in [0.717, 1.165) is 12.2 Å². The summed E-state index contributed by atoms with van der Waals surface area (Å²) in [5.74, 6) is -1.09. The van der Waals surface area contributed by atoms with E-state index in [4.69, 9.17) is 9.47 Å². The van der Waals surface area contributed by atoms with Gasteiger partial charge in [-0.2, -0.15) is 11.8 Å². The van der Waals surface area contributed by atoms with Gasteiger partial charge in [0.25, 0.3) is 0 Å². The lowest BCUT2D eigenvalue weighted by Crippen LogP contribution is -2.32. The van der Waals surface area contributed by atoms with Crippen LogP contribution in [0, 0.1) is 11.8 Å². The van der Waals surface area contributed by atoms with E-state index in [1.165, 1.54) is 0 Å². The monoisotopic (exact) mass is 288 g/mol. The highest BCUT2D eigenvalue weighted by molar-refractivity contribution is 7.98. The molecule has 0 fully saturated rings. The van der Waals surface area contributed by atoms with E-state index in [0.29, 0.717) is 0 Å². The van der Waals surface area contributed by atoms with Gasteiger partial charge in [-0.1, -0.05) is 19.1 Å². The Morgan fingerprint density at radius 2 is 1.68 bits per heavy atom. The summed E-state index contributed by atoms with van der Waals surface area (Å²) < 4.78 is 9.88. The minimum absolute atomic E-state index is 0.222.